The molecule has 0 atom stereocenters. The Hall–Kier alpha value is -0.750. The van der Waals surface area contributed by atoms with Crippen molar-refractivity contribution in [2.45, 2.75) is 26.6 Å². The summed E-state index contributed by atoms with van der Waals surface area (Å²) in [6, 6.07) is 4.43. The van der Waals surface area contributed by atoms with Crippen LogP contribution >= 0.6 is 22.7 Å². The van der Waals surface area contributed by atoms with Gasteiger partial charge in [-0.2, -0.15) is 0 Å². The number of thiophene rings is 1. The molecule has 0 amide bonds. The van der Waals surface area contributed by atoms with Gasteiger partial charge in [0, 0.05) is 34.8 Å². The van der Waals surface area contributed by atoms with Gasteiger partial charge in [-0.15, -0.1) is 22.7 Å². The van der Waals surface area contributed by atoms with E-state index >= 15 is 0 Å². The molecule has 3 nitrogen and oxygen atoms in total. The van der Waals surface area contributed by atoms with Gasteiger partial charge in [0.05, 0.1) is 10.7 Å². The summed E-state index contributed by atoms with van der Waals surface area (Å²) >= 11 is 3.60. The standard InChI is InChI=1S/C13H19N3S2/c1-10-15-11(9-17-10)7-16(3)8-13-5-4-12(18-13)6-14-2/h4-5,9,14H,6-8H2,1-3H3. The van der Waals surface area contributed by atoms with Crippen LogP contribution in [0.1, 0.15) is 20.5 Å². The fourth-order valence-electron chi connectivity index (χ4n) is 1.86. The number of thiazole rings is 1. The van der Waals surface area contributed by atoms with E-state index in [2.05, 4.69) is 46.7 Å². The first-order chi connectivity index (χ1) is 8.67. The second-order valence-corrected chi connectivity index (χ2v) is 6.74. The number of aromatic nitrogens is 1. The van der Waals surface area contributed by atoms with E-state index in [0.29, 0.717) is 0 Å². The maximum Gasteiger partial charge on any atom is 0.0897 e. The van der Waals surface area contributed by atoms with Gasteiger partial charge in [-0.1, -0.05) is 0 Å². The summed E-state index contributed by atoms with van der Waals surface area (Å²) in [5.74, 6) is 0. The lowest BCUT2D eigenvalue weighted by Crippen LogP contribution is -2.16. The van der Waals surface area contributed by atoms with E-state index in [4.69, 9.17) is 0 Å². The van der Waals surface area contributed by atoms with Crippen molar-refractivity contribution in [2.24, 2.45) is 0 Å². The third-order valence-electron chi connectivity index (χ3n) is 2.59. The molecule has 0 saturated carbocycles. The van der Waals surface area contributed by atoms with Crippen molar-refractivity contribution in [3.63, 3.8) is 0 Å². The third-order valence-corrected chi connectivity index (χ3v) is 4.48. The van der Waals surface area contributed by atoms with Crippen molar-refractivity contribution in [1.82, 2.24) is 15.2 Å². The topological polar surface area (TPSA) is 28.2 Å². The van der Waals surface area contributed by atoms with Crippen LogP contribution in [0.4, 0.5) is 0 Å². The predicted octanol–water partition coefficient (Wildman–Crippen LogP) is 2.86. The van der Waals surface area contributed by atoms with Crippen molar-refractivity contribution in [2.75, 3.05) is 14.1 Å². The zero-order valence-electron chi connectivity index (χ0n) is 11.1. The van der Waals surface area contributed by atoms with Crippen LogP contribution in [0, 0.1) is 6.92 Å². The van der Waals surface area contributed by atoms with Gasteiger partial charge in [-0.25, -0.2) is 4.98 Å². The molecule has 0 fully saturated rings. The number of rotatable bonds is 6. The summed E-state index contributed by atoms with van der Waals surface area (Å²) in [6.45, 7) is 4.92. The van der Waals surface area contributed by atoms with E-state index in [9.17, 15) is 0 Å². The minimum Gasteiger partial charge on any atom is -0.315 e. The molecule has 2 rings (SSSR count). The molecule has 0 aliphatic carbocycles. The van der Waals surface area contributed by atoms with Gasteiger partial charge >= 0.3 is 0 Å². The molecule has 18 heavy (non-hydrogen) atoms. The summed E-state index contributed by atoms with van der Waals surface area (Å²) in [4.78, 5) is 9.61. The Bertz CT molecular complexity index is 490. The molecule has 0 radical (unpaired) electrons. The lowest BCUT2D eigenvalue weighted by atomic mass is 10.3. The lowest BCUT2D eigenvalue weighted by molar-refractivity contribution is 0.318. The minimum absolute atomic E-state index is 0.920. The maximum atomic E-state index is 4.50. The van der Waals surface area contributed by atoms with Gasteiger partial charge in [-0.05, 0) is 33.2 Å². The highest BCUT2D eigenvalue weighted by molar-refractivity contribution is 7.12. The fourth-order valence-corrected chi connectivity index (χ4v) is 3.57. The molecule has 98 valence electrons. The van der Waals surface area contributed by atoms with Crippen molar-refractivity contribution in [1.29, 1.82) is 0 Å². The van der Waals surface area contributed by atoms with E-state index < -0.39 is 0 Å². The van der Waals surface area contributed by atoms with Crippen LogP contribution in [0.2, 0.25) is 0 Å². The Labute approximate surface area is 116 Å². The van der Waals surface area contributed by atoms with E-state index in [0.717, 1.165) is 24.6 Å². The number of nitrogens with one attached hydrogen (secondary N) is 1. The van der Waals surface area contributed by atoms with Gasteiger partial charge in [0.15, 0.2) is 0 Å². The first-order valence-electron chi connectivity index (χ1n) is 5.99. The lowest BCUT2D eigenvalue weighted by Gasteiger charge is -2.13. The van der Waals surface area contributed by atoms with E-state index in [1.165, 1.54) is 15.4 Å². The van der Waals surface area contributed by atoms with Crippen LogP contribution in [0.25, 0.3) is 0 Å². The molecule has 0 aliphatic heterocycles. The summed E-state index contributed by atoms with van der Waals surface area (Å²) in [5, 5.41) is 6.47. The van der Waals surface area contributed by atoms with Gasteiger partial charge < -0.3 is 5.32 Å². The van der Waals surface area contributed by atoms with Crippen LogP contribution in [-0.4, -0.2) is 24.0 Å². The largest absolute Gasteiger partial charge is 0.315 e. The Morgan fingerprint density at radius 1 is 1.28 bits per heavy atom. The molecular formula is C13H19N3S2. The van der Waals surface area contributed by atoms with Gasteiger partial charge in [0.1, 0.15) is 0 Å². The zero-order valence-corrected chi connectivity index (χ0v) is 12.7. The number of nitrogens with zero attached hydrogens (tertiary/aromatic N) is 2. The molecular weight excluding hydrogens is 262 g/mol. The Balaban J connectivity index is 1.88. The first-order valence-corrected chi connectivity index (χ1v) is 7.68. The molecule has 2 aromatic heterocycles. The van der Waals surface area contributed by atoms with Gasteiger partial charge in [-0.3, -0.25) is 4.90 Å². The smallest absolute Gasteiger partial charge is 0.0897 e. The van der Waals surface area contributed by atoms with Gasteiger partial charge in [0.2, 0.25) is 0 Å². The van der Waals surface area contributed by atoms with Crippen LogP contribution in [0.15, 0.2) is 17.5 Å². The van der Waals surface area contributed by atoms with Crippen molar-refractivity contribution >= 4 is 22.7 Å². The highest BCUT2D eigenvalue weighted by Crippen LogP contribution is 2.19. The maximum absolute atomic E-state index is 4.50. The molecule has 2 heterocycles. The molecule has 0 aliphatic rings. The van der Waals surface area contributed by atoms with Crippen LogP contribution < -0.4 is 5.32 Å². The Kier molecular flexibility index (Phi) is 4.88. The van der Waals surface area contributed by atoms with Crippen LogP contribution in [0.5, 0.6) is 0 Å². The van der Waals surface area contributed by atoms with E-state index in [1.54, 1.807) is 11.3 Å². The predicted molar refractivity (Wildman–Crippen MR) is 79.1 cm³/mol. The molecule has 2 aromatic rings. The highest BCUT2D eigenvalue weighted by Gasteiger charge is 2.06. The van der Waals surface area contributed by atoms with Crippen LogP contribution in [-0.2, 0) is 19.6 Å². The molecule has 1 N–H and O–H groups in total. The average molecular weight is 281 g/mol. The summed E-state index contributed by atoms with van der Waals surface area (Å²) in [5.41, 5.74) is 1.17. The van der Waals surface area contributed by atoms with Crippen molar-refractivity contribution in [3.8, 4) is 0 Å². The van der Waals surface area contributed by atoms with Crippen molar-refractivity contribution < 1.29 is 0 Å². The number of hydrogen-bond acceptors (Lipinski definition) is 5. The molecule has 0 bridgehead atoms. The number of hydrogen-bond donors (Lipinski definition) is 1. The summed E-state index contributed by atoms with van der Waals surface area (Å²) in [6.07, 6.45) is 0. The monoisotopic (exact) mass is 281 g/mol. The second-order valence-electron chi connectivity index (χ2n) is 4.43. The Morgan fingerprint density at radius 3 is 2.72 bits per heavy atom. The molecule has 0 spiro atoms. The molecule has 0 unspecified atom stereocenters. The normalized spacial score (nSPS) is 11.3. The zero-order chi connectivity index (χ0) is 13.0. The molecule has 0 aromatic carbocycles. The molecule has 5 heteroatoms. The summed E-state index contributed by atoms with van der Waals surface area (Å²) in [7, 11) is 4.13. The van der Waals surface area contributed by atoms with E-state index in [-0.39, 0.29) is 0 Å². The summed E-state index contributed by atoms with van der Waals surface area (Å²) < 4.78 is 0. The average Bonchev–Trinajstić information content (AvgIpc) is 2.89. The SMILES string of the molecule is CNCc1ccc(CN(C)Cc2csc(C)n2)s1. The Morgan fingerprint density at radius 2 is 2.06 bits per heavy atom. The second kappa shape index (κ2) is 6.43. The fraction of sp³-hybridized carbons (Fsp3) is 0.462. The highest BCUT2D eigenvalue weighted by atomic mass is 32.1. The van der Waals surface area contributed by atoms with Crippen molar-refractivity contribution in [3.05, 3.63) is 38.0 Å². The van der Waals surface area contributed by atoms with E-state index in [1.807, 2.05) is 18.4 Å². The van der Waals surface area contributed by atoms with Crippen LogP contribution in [0.3, 0.4) is 0 Å². The van der Waals surface area contributed by atoms with Gasteiger partial charge in [0.25, 0.3) is 0 Å². The third kappa shape index (κ3) is 3.88. The number of aryl methyl sites for hydroxylation is 1. The first kappa shape index (κ1) is 13.7. The quantitative estimate of drug-likeness (QED) is 0.882. The molecule has 0 saturated heterocycles. The minimum atomic E-state index is 0.920.